The lowest BCUT2D eigenvalue weighted by Crippen LogP contribution is -2.57. The van der Waals surface area contributed by atoms with Crippen molar-refractivity contribution >= 4 is 5.91 Å². The summed E-state index contributed by atoms with van der Waals surface area (Å²) in [6.45, 7) is 1.83. The molecule has 0 radical (unpaired) electrons. The molecule has 1 aromatic rings. The van der Waals surface area contributed by atoms with E-state index in [2.05, 4.69) is 5.32 Å². The zero-order valence-electron chi connectivity index (χ0n) is 11.3. The monoisotopic (exact) mass is 264 g/mol. The summed E-state index contributed by atoms with van der Waals surface area (Å²) in [4.78, 5) is 11.8. The second-order valence-electron chi connectivity index (χ2n) is 5.63. The maximum atomic E-state index is 12.9. The van der Waals surface area contributed by atoms with Crippen LogP contribution in [0.2, 0.25) is 0 Å². The Bertz CT molecular complexity index is 440. The molecule has 0 aliphatic heterocycles. The van der Waals surface area contributed by atoms with Crippen LogP contribution in [-0.2, 0) is 11.2 Å². The van der Waals surface area contributed by atoms with Crippen molar-refractivity contribution in [2.75, 3.05) is 0 Å². The number of carbonyl (C=O) groups excluding carboxylic acids is 1. The lowest BCUT2D eigenvalue weighted by molar-refractivity contribution is -0.124. The van der Waals surface area contributed by atoms with Crippen LogP contribution < -0.4 is 11.1 Å². The Labute approximate surface area is 113 Å². The molecular weight excluding hydrogens is 243 g/mol. The average molecular weight is 264 g/mol. The summed E-state index contributed by atoms with van der Waals surface area (Å²) in [7, 11) is 0. The summed E-state index contributed by atoms with van der Waals surface area (Å²) in [6, 6.07) is 6.58. The number of carbonyl (C=O) groups is 1. The van der Waals surface area contributed by atoms with Gasteiger partial charge in [0, 0.05) is 6.04 Å². The highest BCUT2D eigenvalue weighted by Crippen LogP contribution is 2.22. The van der Waals surface area contributed by atoms with E-state index in [0.29, 0.717) is 12.5 Å². The van der Waals surface area contributed by atoms with E-state index in [1.807, 2.05) is 6.92 Å². The van der Waals surface area contributed by atoms with Gasteiger partial charge < -0.3 is 11.1 Å². The predicted octanol–water partition coefficient (Wildman–Crippen LogP) is 2.14. The molecule has 4 heteroatoms. The van der Waals surface area contributed by atoms with Crippen molar-refractivity contribution in [1.29, 1.82) is 0 Å². The molecule has 0 heterocycles. The molecule has 0 spiro atoms. The van der Waals surface area contributed by atoms with E-state index in [1.165, 1.54) is 25.0 Å². The summed E-state index contributed by atoms with van der Waals surface area (Å²) >= 11 is 0. The predicted molar refractivity (Wildman–Crippen MR) is 73.1 cm³/mol. The molecule has 1 fully saturated rings. The number of rotatable bonds is 5. The zero-order valence-corrected chi connectivity index (χ0v) is 11.3. The van der Waals surface area contributed by atoms with Crippen molar-refractivity contribution < 1.29 is 9.18 Å². The molecule has 3 N–H and O–H groups in total. The second-order valence-corrected chi connectivity index (χ2v) is 5.63. The minimum atomic E-state index is -0.771. The smallest absolute Gasteiger partial charge is 0.237 e. The first-order valence-corrected chi connectivity index (χ1v) is 6.82. The quantitative estimate of drug-likeness (QED) is 0.856. The van der Waals surface area contributed by atoms with E-state index in [4.69, 9.17) is 5.73 Å². The molecule has 1 amide bonds. The Morgan fingerprint density at radius 2 is 1.95 bits per heavy atom. The first kappa shape index (κ1) is 14.0. The van der Waals surface area contributed by atoms with E-state index in [-0.39, 0.29) is 11.7 Å². The maximum Gasteiger partial charge on any atom is 0.237 e. The highest BCUT2D eigenvalue weighted by atomic mass is 19.1. The van der Waals surface area contributed by atoms with Crippen molar-refractivity contribution in [1.82, 2.24) is 5.32 Å². The maximum absolute atomic E-state index is 12.9. The summed E-state index contributed by atoms with van der Waals surface area (Å²) in [5.41, 5.74) is 5.69. The van der Waals surface area contributed by atoms with Crippen LogP contribution in [0.3, 0.4) is 0 Å². The molecule has 1 unspecified atom stereocenters. The minimum Gasteiger partial charge on any atom is -0.368 e. The Balaban J connectivity index is 2.09. The fraction of sp³-hybridized carbons (Fsp3) is 0.533. The van der Waals surface area contributed by atoms with E-state index in [0.717, 1.165) is 18.4 Å². The van der Waals surface area contributed by atoms with Crippen molar-refractivity contribution in [3.63, 3.8) is 0 Å². The van der Waals surface area contributed by atoms with Gasteiger partial charge in [0.25, 0.3) is 0 Å². The third-order valence-corrected chi connectivity index (χ3v) is 3.89. The molecule has 0 aromatic heterocycles. The Kier molecular flexibility index (Phi) is 4.20. The van der Waals surface area contributed by atoms with Crippen molar-refractivity contribution in [2.45, 2.75) is 50.6 Å². The van der Waals surface area contributed by atoms with Crippen LogP contribution in [0.1, 0.15) is 38.2 Å². The van der Waals surface area contributed by atoms with Gasteiger partial charge in [0.2, 0.25) is 5.91 Å². The normalized spacial score (nSPS) is 19.3. The fourth-order valence-corrected chi connectivity index (χ4v) is 2.74. The Morgan fingerprint density at radius 3 is 2.47 bits per heavy atom. The molecular formula is C15H21FN2O. The zero-order chi connectivity index (χ0) is 13.9. The van der Waals surface area contributed by atoms with Crippen molar-refractivity contribution in [3.05, 3.63) is 35.6 Å². The lowest BCUT2D eigenvalue weighted by atomic mass is 9.90. The number of hydrogen-bond acceptors (Lipinski definition) is 2. The minimum absolute atomic E-state index is 0.270. The van der Waals surface area contributed by atoms with E-state index >= 15 is 0 Å². The lowest BCUT2D eigenvalue weighted by Gasteiger charge is -2.31. The topological polar surface area (TPSA) is 55.1 Å². The SMILES string of the molecule is CC(Cc1ccc(F)cc1)(NC1CCCC1)C(N)=O. The van der Waals surface area contributed by atoms with Crippen LogP contribution >= 0.6 is 0 Å². The van der Waals surface area contributed by atoms with Crippen LogP contribution in [0.15, 0.2) is 24.3 Å². The number of nitrogens with two attached hydrogens (primary N) is 1. The van der Waals surface area contributed by atoms with Gasteiger partial charge in [0.05, 0.1) is 5.54 Å². The van der Waals surface area contributed by atoms with Gasteiger partial charge in [0.15, 0.2) is 0 Å². The Morgan fingerprint density at radius 1 is 1.37 bits per heavy atom. The highest BCUT2D eigenvalue weighted by Gasteiger charge is 2.34. The summed E-state index contributed by atoms with van der Waals surface area (Å²) < 4.78 is 12.9. The van der Waals surface area contributed by atoms with Crippen LogP contribution in [0, 0.1) is 5.82 Å². The number of halogens is 1. The van der Waals surface area contributed by atoms with E-state index < -0.39 is 5.54 Å². The van der Waals surface area contributed by atoms with Gasteiger partial charge in [0.1, 0.15) is 5.82 Å². The molecule has 104 valence electrons. The molecule has 1 saturated carbocycles. The van der Waals surface area contributed by atoms with Gasteiger partial charge in [-0.2, -0.15) is 0 Å². The molecule has 3 nitrogen and oxygen atoms in total. The molecule has 19 heavy (non-hydrogen) atoms. The molecule has 1 aliphatic rings. The average Bonchev–Trinajstić information content (AvgIpc) is 2.84. The molecule has 1 aliphatic carbocycles. The van der Waals surface area contributed by atoms with Gasteiger partial charge in [-0.05, 0) is 43.9 Å². The van der Waals surface area contributed by atoms with Gasteiger partial charge in [-0.3, -0.25) is 4.79 Å². The first-order chi connectivity index (χ1) is 8.99. The number of benzene rings is 1. The Hall–Kier alpha value is -1.42. The standard InChI is InChI=1S/C15H21FN2O/c1-15(14(17)19,18-13-4-2-3-5-13)10-11-6-8-12(16)9-7-11/h6-9,13,18H,2-5,10H2,1H3,(H2,17,19). The third-order valence-electron chi connectivity index (χ3n) is 3.89. The van der Waals surface area contributed by atoms with Gasteiger partial charge in [-0.1, -0.05) is 25.0 Å². The van der Waals surface area contributed by atoms with Crippen molar-refractivity contribution in [3.8, 4) is 0 Å². The van der Waals surface area contributed by atoms with Crippen LogP contribution in [0.5, 0.6) is 0 Å². The number of primary amides is 1. The van der Waals surface area contributed by atoms with Gasteiger partial charge >= 0.3 is 0 Å². The number of hydrogen-bond donors (Lipinski definition) is 2. The molecule has 1 atom stereocenters. The molecule has 1 aromatic carbocycles. The number of nitrogens with one attached hydrogen (secondary N) is 1. The van der Waals surface area contributed by atoms with Gasteiger partial charge in [-0.15, -0.1) is 0 Å². The summed E-state index contributed by atoms with van der Waals surface area (Å²) in [6.07, 6.45) is 5.06. The highest BCUT2D eigenvalue weighted by molar-refractivity contribution is 5.84. The second kappa shape index (κ2) is 5.70. The fourth-order valence-electron chi connectivity index (χ4n) is 2.74. The molecule has 2 rings (SSSR count). The number of amides is 1. The van der Waals surface area contributed by atoms with Crippen LogP contribution in [-0.4, -0.2) is 17.5 Å². The van der Waals surface area contributed by atoms with Crippen LogP contribution in [0.4, 0.5) is 4.39 Å². The summed E-state index contributed by atoms with van der Waals surface area (Å²) in [5, 5.41) is 3.39. The largest absolute Gasteiger partial charge is 0.368 e. The third kappa shape index (κ3) is 3.53. The molecule has 0 saturated heterocycles. The van der Waals surface area contributed by atoms with Gasteiger partial charge in [-0.25, -0.2) is 4.39 Å². The molecule has 0 bridgehead atoms. The first-order valence-electron chi connectivity index (χ1n) is 6.82. The summed E-state index contributed by atoms with van der Waals surface area (Å²) in [5.74, 6) is -0.628. The van der Waals surface area contributed by atoms with E-state index in [9.17, 15) is 9.18 Å². The van der Waals surface area contributed by atoms with Crippen molar-refractivity contribution in [2.24, 2.45) is 5.73 Å². The van der Waals surface area contributed by atoms with E-state index in [1.54, 1.807) is 12.1 Å². The van der Waals surface area contributed by atoms with Crippen LogP contribution in [0.25, 0.3) is 0 Å².